The third kappa shape index (κ3) is 5.76. The van der Waals surface area contributed by atoms with Gasteiger partial charge in [-0.1, -0.05) is 0 Å². The molecule has 1 aromatic carbocycles. The summed E-state index contributed by atoms with van der Waals surface area (Å²) in [5.41, 5.74) is 0.880. The highest BCUT2D eigenvalue weighted by Crippen LogP contribution is 2.15. The van der Waals surface area contributed by atoms with Crippen LogP contribution in [-0.4, -0.2) is 38.4 Å². The number of aromatic nitrogens is 1. The molecule has 27 heavy (non-hydrogen) atoms. The lowest BCUT2D eigenvalue weighted by atomic mass is 10.3. The average molecular weight is 392 g/mol. The van der Waals surface area contributed by atoms with E-state index >= 15 is 0 Å². The van der Waals surface area contributed by atoms with Gasteiger partial charge in [-0.25, -0.2) is 13.4 Å². The summed E-state index contributed by atoms with van der Waals surface area (Å²) in [6, 6.07) is 7.74. The van der Waals surface area contributed by atoms with Crippen LogP contribution in [0.1, 0.15) is 13.8 Å². The summed E-state index contributed by atoms with van der Waals surface area (Å²) in [4.78, 5) is 27.1. The Balaban J connectivity index is 2.02. The first-order valence-corrected chi connectivity index (χ1v) is 9.40. The van der Waals surface area contributed by atoms with E-state index < -0.39 is 22.0 Å². The minimum atomic E-state index is -3.91. The van der Waals surface area contributed by atoms with Gasteiger partial charge in [0.15, 0.2) is 0 Å². The molecule has 3 N–H and O–H groups in total. The van der Waals surface area contributed by atoms with Gasteiger partial charge in [0.05, 0.1) is 29.9 Å². The van der Waals surface area contributed by atoms with Gasteiger partial charge >= 0.3 is 0 Å². The number of anilines is 2. The van der Waals surface area contributed by atoms with E-state index in [9.17, 15) is 18.0 Å². The second-order valence-corrected chi connectivity index (χ2v) is 7.34. The highest BCUT2D eigenvalue weighted by molar-refractivity contribution is 7.89. The molecule has 0 saturated heterocycles. The van der Waals surface area contributed by atoms with Crippen LogP contribution in [0.4, 0.5) is 11.4 Å². The second kappa shape index (κ2) is 8.60. The van der Waals surface area contributed by atoms with E-state index in [2.05, 4.69) is 20.3 Å². The predicted octanol–water partition coefficient (Wildman–Crippen LogP) is 1.35. The highest BCUT2D eigenvalue weighted by Gasteiger charge is 2.22. The van der Waals surface area contributed by atoms with Gasteiger partial charge in [0, 0.05) is 18.7 Å². The smallest absolute Gasteiger partial charge is 0.242 e. The predicted molar refractivity (Wildman–Crippen MR) is 99.9 cm³/mol. The van der Waals surface area contributed by atoms with Gasteiger partial charge in [-0.15, -0.1) is 0 Å². The molecule has 0 fully saturated rings. The van der Waals surface area contributed by atoms with Crippen molar-refractivity contribution in [1.82, 2.24) is 9.71 Å². The third-order valence-corrected chi connectivity index (χ3v) is 4.98. The monoisotopic (exact) mass is 392 g/mol. The Morgan fingerprint density at radius 3 is 2.19 bits per heavy atom. The number of nitrogens with one attached hydrogen (secondary N) is 3. The van der Waals surface area contributed by atoms with Crippen molar-refractivity contribution in [1.29, 1.82) is 0 Å². The molecule has 1 aromatic heterocycles. The van der Waals surface area contributed by atoms with Crippen molar-refractivity contribution in [2.75, 3.05) is 17.7 Å². The van der Waals surface area contributed by atoms with Crippen LogP contribution >= 0.6 is 0 Å². The molecule has 9 nitrogen and oxygen atoms in total. The zero-order valence-electron chi connectivity index (χ0n) is 15.0. The van der Waals surface area contributed by atoms with E-state index in [-0.39, 0.29) is 10.8 Å². The molecule has 2 aromatic rings. The Kier molecular flexibility index (Phi) is 6.48. The number of rotatable bonds is 7. The molecule has 0 aliphatic rings. The van der Waals surface area contributed by atoms with Crippen molar-refractivity contribution in [3.63, 3.8) is 0 Å². The molecule has 0 aliphatic carbocycles. The van der Waals surface area contributed by atoms with Gasteiger partial charge in [-0.05, 0) is 37.3 Å². The summed E-state index contributed by atoms with van der Waals surface area (Å²) >= 11 is 0. The normalized spacial score (nSPS) is 12.1. The number of carbonyl (C=O) groups excluding carboxylic acids is 2. The van der Waals surface area contributed by atoms with Crippen molar-refractivity contribution >= 4 is 33.2 Å². The number of ether oxygens (including phenoxy) is 1. The molecule has 0 spiro atoms. The number of amides is 2. The minimum Gasteiger partial charge on any atom is -0.481 e. The molecule has 2 rings (SSSR count). The quantitative estimate of drug-likeness (QED) is 0.653. The van der Waals surface area contributed by atoms with Crippen molar-refractivity contribution in [2.45, 2.75) is 24.8 Å². The number of benzene rings is 1. The van der Waals surface area contributed by atoms with E-state index in [4.69, 9.17) is 4.74 Å². The number of hydrogen-bond acceptors (Lipinski definition) is 6. The fourth-order valence-electron chi connectivity index (χ4n) is 2.10. The van der Waals surface area contributed by atoms with Crippen LogP contribution in [0.5, 0.6) is 5.88 Å². The summed E-state index contributed by atoms with van der Waals surface area (Å²) < 4.78 is 32.0. The first-order chi connectivity index (χ1) is 12.7. The molecule has 0 bridgehead atoms. The van der Waals surface area contributed by atoms with Crippen LogP contribution in [-0.2, 0) is 19.6 Å². The lowest BCUT2D eigenvalue weighted by Crippen LogP contribution is -2.41. The highest BCUT2D eigenvalue weighted by atomic mass is 32.2. The fourth-order valence-corrected chi connectivity index (χ4v) is 3.30. The van der Waals surface area contributed by atoms with Crippen LogP contribution in [0.15, 0.2) is 47.5 Å². The maximum atomic E-state index is 12.4. The first kappa shape index (κ1) is 20.3. The first-order valence-electron chi connectivity index (χ1n) is 7.92. The van der Waals surface area contributed by atoms with Crippen molar-refractivity contribution < 1.29 is 22.7 Å². The summed E-state index contributed by atoms with van der Waals surface area (Å²) in [5, 5.41) is 5.11. The minimum absolute atomic E-state index is 0.0256. The second-order valence-electron chi connectivity index (χ2n) is 5.63. The Morgan fingerprint density at radius 2 is 1.67 bits per heavy atom. The summed E-state index contributed by atoms with van der Waals surface area (Å²) in [6.45, 7) is 2.78. The summed E-state index contributed by atoms with van der Waals surface area (Å²) in [6.07, 6.45) is 1.40. The van der Waals surface area contributed by atoms with Crippen LogP contribution < -0.4 is 20.1 Å². The number of sulfonamides is 1. The number of methoxy groups -OCH3 is 1. The zero-order valence-corrected chi connectivity index (χ0v) is 15.8. The van der Waals surface area contributed by atoms with E-state index in [1.54, 1.807) is 12.1 Å². The lowest BCUT2D eigenvalue weighted by molar-refractivity contribution is -0.117. The molecule has 0 unspecified atom stereocenters. The average Bonchev–Trinajstić information content (AvgIpc) is 2.62. The van der Waals surface area contributed by atoms with Crippen molar-refractivity contribution in [3.05, 3.63) is 42.6 Å². The molecule has 0 aliphatic heterocycles. The van der Waals surface area contributed by atoms with Crippen LogP contribution in [0.3, 0.4) is 0 Å². The summed E-state index contributed by atoms with van der Waals surface area (Å²) in [7, 11) is -2.44. The lowest BCUT2D eigenvalue weighted by Gasteiger charge is -2.15. The topological polar surface area (TPSA) is 126 Å². The Bertz CT molecular complexity index is 911. The summed E-state index contributed by atoms with van der Waals surface area (Å²) in [5.74, 6) is -0.410. The molecular formula is C17H20N4O5S. The maximum absolute atomic E-state index is 12.4. The van der Waals surface area contributed by atoms with Gasteiger partial charge in [-0.2, -0.15) is 4.72 Å². The standard InChI is InChI=1S/C17H20N4O5S/c1-11(17(23)20-14-6-9-16(26-3)18-10-14)21-27(24,25)15-7-4-13(5-8-15)19-12(2)22/h4-11,21H,1-3H3,(H,19,22)(H,20,23)/t11-/m0/s1. The maximum Gasteiger partial charge on any atom is 0.242 e. The Labute approximate surface area is 157 Å². The molecule has 0 radical (unpaired) electrons. The molecule has 144 valence electrons. The largest absolute Gasteiger partial charge is 0.481 e. The van der Waals surface area contributed by atoms with E-state index in [1.807, 2.05) is 0 Å². The van der Waals surface area contributed by atoms with Crippen LogP contribution in [0.25, 0.3) is 0 Å². The molecule has 1 atom stereocenters. The van der Waals surface area contributed by atoms with Crippen molar-refractivity contribution in [2.24, 2.45) is 0 Å². The van der Waals surface area contributed by atoms with Crippen LogP contribution in [0.2, 0.25) is 0 Å². The Hall–Kier alpha value is -2.98. The molecule has 2 amide bonds. The third-order valence-electron chi connectivity index (χ3n) is 3.42. The van der Waals surface area contributed by atoms with Crippen molar-refractivity contribution in [3.8, 4) is 5.88 Å². The molecule has 0 saturated carbocycles. The van der Waals surface area contributed by atoms with E-state index in [1.165, 1.54) is 51.4 Å². The van der Waals surface area contributed by atoms with Gasteiger partial charge in [0.25, 0.3) is 0 Å². The van der Waals surface area contributed by atoms with Gasteiger partial charge < -0.3 is 15.4 Å². The number of pyridine rings is 1. The van der Waals surface area contributed by atoms with Crippen LogP contribution in [0, 0.1) is 0 Å². The number of hydrogen-bond donors (Lipinski definition) is 3. The van der Waals surface area contributed by atoms with Gasteiger partial charge in [0.1, 0.15) is 0 Å². The van der Waals surface area contributed by atoms with Gasteiger partial charge in [-0.3, -0.25) is 9.59 Å². The number of carbonyl (C=O) groups is 2. The Morgan fingerprint density at radius 1 is 1.04 bits per heavy atom. The zero-order chi connectivity index (χ0) is 20.0. The molecular weight excluding hydrogens is 372 g/mol. The molecule has 1 heterocycles. The van der Waals surface area contributed by atoms with Gasteiger partial charge in [0.2, 0.25) is 27.7 Å². The van der Waals surface area contributed by atoms with E-state index in [0.29, 0.717) is 17.3 Å². The van der Waals surface area contributed by atoms with E-state index in [0.717, 1.165) is 0 Å². The molecule has 10 heteroatoms. The SMILES string of the molecule is COc1ccc(NC(=O)[C@H](C)NS(=O)(=O)c2ccc(NC(C)=O)cc2)cn1. The number of nitrogens with zero attached hydrogens (tertiary/aromatic N) is 1. The fraction of sp³-hybridized carbons (Fsp3) is 0.235.